The summed E-state index contributed by atoms with van der Waals surface area (Å²) in [6.45, 7) is 4.28. The molecule has 0 radical (unpaired) electrons. The minimum absolute atomic E-state index is 0.616. The molecule has 0 amide bonds. The van der Waals surface area contributed by atoms with E-state index in [9.17, 15) is 0 Å². The fourth-order valence-electron chi connectivity index (χ4n) is 2.04. The maximum atomic E-state index is 3.58. The molecule has 3 heteroatoms. The number of nitrogens with zero attached hydrogens (tertiary/aromatic N) is 1. The van der Waals surface area contributed by atoms with E-state index in [1.807, 2.05) is 0 Å². The molecule has 1 aromatic carbocycles. The van der Waals surface area contributed by atoms with Crippen LogP contribution < -0.4 is 5.32 Å². The number of rotatable bonds is 6. The zero-order chi connectivity index (χ0) is 12.3. The Hall–Kier alpha value is -0.380. The van der Waals surface area contributed by atoms with E-state index in [1.54, 1.807) is 0 Å². The summed E-state index contributed by atoms with van der Waals surface area (Å²) in [5.74, 6) is 0. The lowest BCUT2D eigenvalue weighted by Gasteiger charge is -2.24. The molecule has 1 saturated carbocycles. The molecule has 2 nitrogen and oxygen atoms in total. The van der Waals surface area contributed by atoms with Crippen molar-refractivity contribution in [2.45, 2.75) is 38.4 Å². The van der Waals surface area contributed by atoms with E-state index in [-0.39, 0.29) is 0 Å². The summed E-state index contributed by atoms with van der Waals surface area (Å²) in [4.78, 5) is 2.49. The third kappa shape index (κ3) is 3.80. The van der Waals surface area contributed by atoms with Crippen molar-refractivity contribution in [1.82, 2.24) is 10.2 Å². The zero-order valence-corrected chi connectivity index (χ0v) is 12.2. The summed E-state index contributed by atoms with van der Waals surface area (Å²) in [6, 6.07) is 9.85. The van der Waals surface area contributed by atoms with Crippen LogP contribution in [0.2, 0.25) is 0 Å². The van der Waals surface area contributed by atoms with Crippen LogP contribution in [0.25, 0.3) is 0 Å². The van der Waals surface area contributed by atoms with Crippen molar-refractivity contribution >= 4 is 15.9 Å². The maximum absolute atomic E-state index is 3.58. The second kappa shape index (κ2) is 5.98. The fraction of sp³-hybridized carbons (Fsp3) is 0.571. The van der Waals surface area contributed by atoms with Crippen LogP contribution in [-0.2, 0) is 6.54 Å². The van der Waals surface area contributed by atoms with E-state index in [1.165, 1.54) is 22.9 Å². The van der Waals surface area contributed by atoms with Gasteiger partial charge in [0.2, 0.25) is 0 Å². The molecule has 0 aromatic heterocycles. The van der Waals surface area contributed by atoms with E-state index < -0.39 is 0 Å². The van der Waals surface area contributed by atoms with Crippen LogP contribution in [0.3, 0.4) is 0 Å². The van der Waals surface area contributed by atoms with Crippen molar-refractivity contribution in [1.29, 1.82) is 0 Å². The topological polar surface area (TPSA) is 15.3 Å². The second-order valence-corrected chi connectivity index (χ2v) is 5.82. The van der Waals surface area contributed by atoms with Gasteiger partial charge < -0.3 is 5.32 Å². The van der Waals surface area contributed by atoms with Crippen LogP contribution in [-0.4, -0.2) is 30.6 Å². The summed E-state index contributed by atoms with van der Waals surface area (Å²) >= 11 is 3.58. The Morgan fingerprint density at radius 2 is 2.12 bits per heavy atom. The highest BCUT2D eigenvalue weighted by Crippen LogP contribution is 2.26. The monoisotopic (exact) mass is 296 g/mol. The van der Waals surface area contributed by atoms with Gasteiger partial charge >= 0.3 is 0 Å². The van der Waals surface area contributed by atoms with Crippen LogP contribution in [0.1, 0.15) is 25.3 Å². The van der Waals surface area contributed by atoms with Crippen LogP contribution >= 0.6 is 15.9 Å². The molecule has 1 fully saturated rings. The SMILES string of the molecule is CC(CNCc1ccccc1Br)N(C)C1CC1. The van der Waals surface area contributed by atoms with Gasteiger partial charge in [-0.15, -0.1) is 0 Å². The molecular weight excluding hydrogens is 276 g/mol. The van der Waals surface area contributed by atoms with Gasteiger partial charge in [0.05, 0.1) is 0 Å². The fourth-order valence-corrected chi connectivity index (χ4v) is 2.47. The molecule has 17 heavy (non-hydrogen) atoms. The highest BCUT2D eigenvalue weighted by Gasteiger charge is 2.28. The van der Waals surface area contributed by atoms with E-state index in [4.69, 9.17) is 0 Å². The van der Waals surface area contributed by atoms with Gasteiger partial charge in [0.15, 0.2) is 0 Å². The van der Waals surface area contributed by atoms with Gasteiger partial charge in [-0.1, -0.05) is 34.1 Å². The van der Waals surface area contributed by atoms with Crippen molar-refractivity contribution in [3.8, 4) is 0 Å². The molecule has 1 N–H and O–H groups in total. The highest BCUT2D eigenvalue weighted by atomic mass is 79.9. The van der Waals surface area contributed by atoms with Crippen molar-refractivity contribution in [2.24, 2.45) is 0 Å². The average molecular weight is 297 g/mol. The first-order valence-corrected chi connectivity index (χ1v) is 7.14. The largest absolute Gasteiger partial charge is 0.311 e. The summed E-state index contributed by atoms with van der Waals surface area (Å²) in [5.41, 5.74) is 1.33. The summed E-state index contributed by atoms with van der Waals surface area (Å²) < 4.78 is 1.19. The Morgan fingerprint density at radius 1 is 1.41 bits per heavy atom. The average Bonchev–Trinajstić information content (AvgIpc) is 3.14. The first-order chi connectivity index (χ1) is 8.18. The summed E-state index contributed by atoms with van der Waals surface area (Å²) in [7, 11) is 2.24. The molecule has 1 aromatic rings. The van der Waals surface area contributed by atoms with Gasteiger partial charge in [-0.2, -0.15) is 0 Å². The molecule has 0 saturated heterocycles. The molecule has 0 bridgehead atoms. The number of nitrogens with one attached hydrogen (secondary N) is 1. The van der Waals surface area contributed by atoms with Gasteiger partial charge in [0.25, 0.3) is 0 Å². The van der Waals surface area contributed by atoms with Gasteiger partial charge in [-0.05, 0) is 38.4 Å². The van der Waals surface area contributed by atoms with E-state index in [2.05, 4.69) is 64.4 Å². The lowest BCUT2D eigenvalue weighted by molar-refractivity contribution is 0.241. The lowest BCUT2D eigenvalue weighted by atomic mass is 10.2. The minimum Gasteiger partial charge on any atom is -0.311 e. The highest BCUT2D eigenvalue weighted by molar-refractivity contribution is 9.10. The van der Waals surface area contributed by atoms with Gasteiger partial charge in [0, 0.05) is 29.6 Å². The van der Waals surface area contributed by atoms with Gasteiger partial charge in [-0.25, -0.2) is 0 Å². The van der Waals surface area contributed by atoms with Crippen LogP contribution in [0.4, 0.5) is 0 Å². The number of hydrogen-bond donors (Lipinski definition) is 1. The van der Waals surface area contributed by atoms with Crippen LogP contribution in [0.5, 0.6) is 0 Å². The Labute approximate surface area is 113 Å². The quantitative estimate of drug-likeness (QED) is 0.868. The Bertz CT molecular complexity index is 363. The molecule has 1 aliphatic rings. The molecule has 1 aliphatic carbocycles. The van der Waals surface area contributed by atoms with Gasteiger partial charge in [0.1, 0.15) is 0 Å². The zero-order valence-electron chi connectivity index (χ0n) is 10.6. The van der Waals surface area contributed by atoms with E-state index in [0.717, 1.165) is 19.1 Å². The first-order valence-electron chi connectivity index (χ1n) is 6.34. The lowest BCUT2D eigenvalue weighted by Crippen LogP contribution is -2.38. The van der Waals surface area contributed by atoms with E-state index in [0.29, 0.717) is 6.04 Å². The maximum Gasteiger partial charge on any atom is 0.0220 e. The Morgan fingerprint density at radius 3 is 2.76 bits per heavy atom. The number of hydrogen-bond acceptors (Lipinski definition) is 2. The molecule has 94 valence electrons. The summed E-state index contributed by atoms with van der Waals surface area (Å²) in [5, 5.41) is 3.53. The smallest absolute Gasteiger partial charge is 0.0220 e. The molecule has 0 aliphatic heterocycles. The van der Waals surface area contributed by atoms with Crippen LogP contribution in [0.15, 0.2) is 28.7 Å². The molecule has 0 heterocycles. The van der Waals surface area contributed by atoms with Crippen molar-refractivity contribution in [3.63, 3.8) is 0 Å². The Balaban J connectivity index is 1.73. The number of benzene rings is 1. The molecular formula is C14H21BrN2. The third-order valence-electron chi connectivity index (χ3n) is 3.53. The molecule has 1 atom stereocenters. The van der Waals surface area contributed by atoms with Crippen LogP contribution in [0, 0.1) is 0 Å². The first kappa shape index (κ1) is 13.1. The minimum atomic E-state index is 0.616. The molecule has 0 spiro atoms. The number of halogens is 1. The summed E-state index contributed by atoms with van der Waals surface area (Å²) in [6.07, 6.45) is 2.76. The second-order valence-electron chi connectivity index (χ2n) is 4.97. The predicted octanol–water partition coefficient (Wildman–Crippen LogP) is 3.02. The van der Waals surface area contributed by atoms with E-state index >= 15 is 0 Å². The van der Waals surface area contributed by atoms with Crippen molar-refractivity contribution in [3.05, 3.63) is 34.3 Å². The Kier molecular flexibility index (Phi) is 4.60. The van der Waals surface area contributed by atoms with Crippen molar-refractivity contribution < 1.29 is 0 Å². The van der Waals surface area contributed by atoms with Gasteiger partial charge in [-0.3, -0.25) is 4.90 Å². The standard InChI is InChI=1S/C14H21BrN2/c1-11(17(2)13-7-8-13)9-16-10-12-5-3-4-6-14(12)15/h3-6,11,13,16H,7-10H2,1-2H3. The predicted molar refractivity (Wildman–Crippen MR) is 76.1 cm³/mol. The normalized spacial score (nSPS) is 17.4. The number of likely N-dealkylation sites (N-methyl/N-ethyl adjacent to an activating group) is 1. The molecule has 2 rings (SSSR count). The molecule has 1 unspecified atom stereocenters. The van der Waals surface area contributed by atoms with Crippen molar-refractivity contribution in [2.75, 3.05) is 13.6 Å². The third-order valence-corrected chi connectivity index (χ3v) is 4.30.